The second-order valence-corrected chi connectivity index (χ2v) is 5.35. The van der Waals surface area contributed by atoms with E-state index in [1.165, 1.54) is 23.1 Å². The lowest BCUT2D eigenvalue weighted by Crippen LogP contribution is -2.49. The lowest BCUT2D eigenvalue weighted by atomic mass is 10.0. The van der Waals surface area contributed by atoms with Gasteiger partial charge < -0.3 is 10.4 Å². The first kappa shape index (κ1) is 20.8. The zero-order chi connectivity index (χ0) is 14.0. The topological polar surface area (TPSA) is 35.5 Å². The van der Waals surface area contributed by atoms with E-state index in [0.717, 1.165) is 0 Å². The Kier molecular flexibility index (Phi) is 8.35. The third-order valence-electron chi connectivity index (χ3n) is 3.11. The monoisotopic (exact) mass is 410 g/mol. The predicted molar refractivity (Wildman–Crippen MR) is 83.5 cm³/mol. The van der Waals surface area contributed by atoms with Gasteiger partial charge in [0.25, 0.3) is 0 Å². The van der Waals surface area contributed by atoms with Gasteiger partial charge >= 0.3 is 6.18 Å². The van der Waals surface area contributed by atoms with Crippen molar-refractivity contribution >= 4 is 40.7 Å². The Balaban J connectivity index is 0.00000200. The quantitative estimate of drug-likeness (QED) is 0.781. The van der Waals surface area contributed by atoms with Crippen molar-refractivity contribution in [3.8, 4) is 5.75 Å². The van der Waals surface area contributed by atoms with Crippen molar-refractivity contribution in [1.29, 1.82) is 0 Å². The molecule has 1 heterocycles. The van der Waals surface area contributed by atoms with Crippen LogP contribution in [0.4, 0.5) is 13.2 Å². The van der Waals surface area contributed by atoms with Gasteiger partial charge in [-0.2, -0.15) is 13.2 Å². The van der Waals surface area contributed by atoms with Crippen LogP contribution in [0.2, 0.25) is 0 Å². The maximum absolute atomic E-state index is 13.3. The average molecular weight is 412 g/mol. The van der Waals surface area contributed by atoms with Gasteiger partial charge in [-0.05, 0) is 18.2 Å². The van der Waals surface area contributed by atoms with Crippen LogP contribution < -0.4 is 5.32 Å². The highest BCUT2D eigenvalue weighted by Gasteiger charge is 2.46. The fourth-order valence-corrected chi connectivity index (χ4v) is 2.64. The van der Waals surface area contributed by atoms with E-state index in [9.17, 15) is 18.3 Å². The van der Waals surface area contributed by atoms with Gasteiger partial charge in [0.05, 0.1) is 0 Å². The van der Waals surface area contributed by atoms with Crippen molar-refractivity contribution in [3.05, 3.63) is 28.2 Å². The van der Waals surface area contributed by atoms with Crippen LogP contribution in [0.5, 0.6) is 5.75 Å². The second kappa shape index (κ2) is 8.43. The molecule has 0 unspecified atom stereocenters. The number of aromatic hydroxyl groups is 1. The highest BCUT2D eigenvalue weighted by molar-refractivity contribution is 9.10. The molecule has 3 nitrogen and oxygen atoms in total. The molecule has 1 aliphatic rings. The Morgan fingerprint density at radius 1 is 1.19 bits per heavy atom. The first-order valence-electron chi connectivity index (χ1n) is 5.89. The molecule has 1 aromatic carbocycles. The number of hydrogen-bond donors (Lipinski definition) is 2. The van der Waals surface area contributed by atoms with Gasteiger partial charge in [0.1, 0.15) is 11.8 Å². The maximum atomic E-state index is 13.3. The van der Waals surface area contributed by atoms with Gasteiger partial charge in [0, 0.05) is 36.2 Å². The number of halogens is 6. The smallest absolute Gasteiger partial charge is 0.408 e. The Morgan fingerprint density at radius 2 is 1.76 bits per heavy atom. The molecular formula is C12H16BrCl2F3N2O. The molecule has 0 aliphatic carbocycles. The number of hydrogen-bond acceptors (Lipinski definition) is 3. The molecule has 1 saturated heterocycles. The molecule has 1 aromatic rings. The minimum atomic E-state index is -4.42. The largest absolute Gasteiger partial charge is 0.508 e. The molecule has 0 saturated carbocycles. The molecule has 2 rings (SSSR count). The van der Waals surface area contributed by atoms with E-state index >= 15 is 0 Å². The summed E-state index contributed by atoms with van der Waals surface area (Å²) in [6, 6.07) is 2.35. The van der Waals surface area contributed by atoms with Crippen LogP contribution in [0.15, 0.2) is 22.7 Å². The number of rotatable bonds is 2. The summed E-state index contributed by atoms with van der Waals surface area (Å²) in [6.07, 6.45) is -4.42. The molecule has 21 heavy (non-hydrogen) atoms. The molecular weight excluding hydrogens is 396 g/mol. The third kappa shape index (κ3) is 5.17. The van der Waals surface area contributed by atoms with E-state index in [-0.39, 0.29) is 36.1 Å². The number of benzene rings is 1. The number of nitrogens with zero attached hydrogens (tertiary/aromatic N) is 1. The Hall–Kier alpha value is -0.210. The summed E-state index contributed by atoms with van der Waals surface area (Å²) < 4.78 is 40.5. The Bertz CT molecular complexity index is 457. The minimum absolute atomic E-state index is 0. The zero-order valence-corrected chi connectivity index (χ0v) is 14.1. The van der Waals surface area contributed by atoms with Crippen LogP contribution >= 0.6 is 40.7 Å². The first-order valence-corrected chi connectivity index (χ1v) is 6.69. The molecule has 122 valence electrons. The summed E-state index contributed by atoms with van der Waals surface area (Å²) in [5.41, 5.74) is -0.108. The summed E-state index contributed by atoms with van der Waals surface area (Å²) in [5.74, 6) is -0.330. The van der Waals surface area contributed by atoms with Gasteiger partial charge in [0.15, 0.2) is 0 Å². The van der Waals surface area contributed by atoms with Gasteiger partial charge in [-0.3, -0.25) is 4.90 Å². The molecule has 1 aliphatic heterocycles. The lowest BCUT2D eigenvalue weighted by Gasteiger charge is -2.36. The van der Waals surface area contributed by atoms with Crippen LogP contribution in [0, 0.1) is 0 Å². The van der Waals surface area contributed by atoms with Crippen molar-refractivity contribution in [3.63, 3.8) is 0 Å². The minimum Gasteiger partial charge on any atom is -0.508 e. The molecule has 9 heteroatoms. The molecule has 0 radical (unpaired) electrons. The Labute approximate surface area is 141 Å². The van der Waals surface area contributed by atoms with Gasteiger partial charge in [-0.25, -0.2) is 0 Å². The predicted octanol–water partition coefficient (Wildman–Crippen LogP) is 3.51. The highest BCUT2D eigenvalue weighted by atomic mass is 79.9. The summed E-state index contributed by atoms with van der Waals surface area (Å²) >= 11 is 3.15. The lowest BCUT2D eigenvalue weighted by molar-refractivity contribution is -0.188. The number of phenolic OH excluding ortho intramolecular Hbond substituents is 1. The van der Waals surface area contributed by atoms with E-state index in [4.69, 9.17) is 0 Å². The average Bonchev–Trinajstić information content (AvgIpc) is 2.33. The van der Waals surface area contributed by atoms with Gasteiger partial charge in [0.2, 0.25) is 0 Å². The summed E-state index contributed by atoms with van der Waals surface area (Å²) in [7, 11) is 0. The molecule has 0 aromatic heterocycles. The van der Waals surface area contributed by atoms with Gasteiger partial charge in [-0.15, -0.1) is 24.8 Å². The van der Waals surface area contributed by atoms with E-state index in [2.05, 4.69) is 21.2 Å². The van der Waals surface area contributed by atoms with E-state index < -0.39 is 12.2 Å². The van der Waals surface area contributed by atoms with Crippen molar-refractivity contribution < 1.29 is 18.3 Å². The van der Waals surface area contributed by atoms with Crippen molar-refractivity contribution in [2.24, 2.45) is 0 Å². The fraction of sp³-hybridized carbons (Fsp3) is 0.500. The maximum Gasteiger partial charge on any atom is 0.408 e. The second-order valence-electron chi connectivity index (χ2n) is 4.43. The summed E-state index contributed by atoms with van der Waals surface area (Å²) in [6.45, 7) is 1.63. The van der Waals surface area contributed by atoms with E-state index in [1.807, 2.05) is 0 Å². The summed E-state index contributed by atoms with van der Waals surface area (Å²) in [4.78, 5) is 1.35. The van der Waals surface area contributed by atoms with Crippen molar-refractivity contribution in [2.75, 3.05) is 26.2 Å². The molecule has 1 fully saturated rings. The molecule has 2 N–H and O–H groups in total. The standard InChI is InChI=1S/C12H14BrF3N2O.2ClH/c13-8-1-2-10(19)9(7-8)11(12(14,15)16)18-5-3-17-4-6-18;;/h1-2,7,11,17,19H,3-6H2;2*1H/t11-;;/m0../s1. The molecule has 0 bridgehead atoms. The van der Waals surface area contributed by atoms with Crippen LogP contribution in [0.3, 0.4) is 0 Å². The molecule has 0 amide bonds. The van der Waals surface area contributed by atoms with Crippen LogP contribution in [-0.4, -0.2) is 42.4 Å². The van der Waals surface area contributed by atoms with E-state index in [1.54, 1.807) is 0 Å². The number of piperazine rings is 1. The van der Waals surface area contributed by atoms with Crippen LogP contribution in [0.1, 0.15) is 11.6 Å². The Morgan fingerprint density at radius 3 is 2.29 bits per heavy atom. The van der Waals surface area contributed by atoms with E-state index in [0.29, 0.717) is 30.7 Å². The number of alkyl halides is 3. The van der Waals surface area contributed by atoms with Crippen LogP contribution in [-0.2, 0) is 0 Å². The number of nitrogens with one attached hydrogen (secondary N) is 1. The van der Waals surface area contributed by atoms with Crippen molar-refractivity contribution in [1.82, 2.24) is 10.2 Å². The fourth-order valence-electron chi connectivity index (χ4n) is 2.26. The zero-order valence-electron chi connectivity index (χ0n) is 10.9. The third-order valence-corrected chi connectivity index (χ3v) is 3.60. The van der Waals surface area contributed by atoms with Crippen LogP contribution in [0.25, 0.3) is 0 Å². The molecule has 0 spiro atoms. The highest BCUT2D eigenvalue weighted by Crippen LogP contribution is 2.42. The first-order chi connectivity index (χ1) is 8.89. The normalized spacial score (nSPS) is 17.5. The molecule has 1 atom stereocenters. The SMILES string of the molecule is Cl.Cl.Oc1ccc(Br)cc1[C@H](N1CCNCC1)C(F)(F)F. The van der Waals surface area contributed by atoms with Crippen molar-refractivity contribution in [2.45, 2.75) is 12.2 Å². The van der Waals surface area contributed by atoms with Gasteiger partial charge in [-0.1, -0.05) is 15.9 Å². The summed E-state index contributed by atoms with van der Waals surface area (Å²) in [5, 5.41) is 12.8. The number of phenols is 1.